The zero-order chi connectivity index (χ0) is 29.0. The molecule has 3 saturated heterocycles. The van der Waals surface area contributed by atoms with Crippen molar-refractivity contribution < 1.29 is 27.5 Å². The lowest BCUT2D eigenvalue weighted by Gasteiger charge is -2.57. The van der Waals surface area contributed by atoms with Crippen molar-refractivity contribution in [3.8, 4) is 5.88 Å². The van der Waals surface area contributed by atoms with Crippen LogP contribution in [0.15, 0.2) is 44.9 Å². The van der Waals surface area contributed by atoms with Crippen molar-refractivity contribution in [1.82, 2.24) is 19.9 Å². The number of aromatic nitrogens is 2. The maximum Gasteiger partial charge on any atom is 0.416 e. The summed E-state index contributed by atoms with van der Waals surface area (Å²) in [7, 11) is -2.63. The maximum absolute atomic E-state index is 13.0. The minimum Gasteiger partial charge on any atom is -0.433 e. The van der Waals surface area contributed by atoms with E-state index in [1.807, 2.05) is 0 Å². The molecule has 3 aliphatic heterocycles. The van der Waals surface area contributed by atoms with E-state index in [4.69, 9.17) is 4.74 Å². The van der Waals surface area contributed by atoms with Gasteiger partial charge >= 0.3 is 10.9 Å². The lowest BCUT2D eigenvalue weighted by atomic mass is 9.69. The first-order valence-electron chi connectivity index (χ1n) is 15.1. The predicted octanol–water partition coefficient (Wildman–Crippen LogP) is 3.08. The van der Waals surface area contributed by atoms with Crippen molar-refractivity contribution >= 4 is 15.7 Å². The Labute approximate surface area is 242 Å². The number of rotatable bonds is 12. The van der Waals surface area contributed by atoms with E-state index in [2.05, 4.69) is 26.5 Å². The highest BCUT2D eigenvalue weighted by atomic mass is 32.2. The summed E-state index contributed by atoms with van der Waals surface area (Å²) < 4.78 is 36.0. The number of benzene rings is 1. The van der Waals surface area contributed by atoms with Gasteiger partial charge in [0.2, 0.25) is 5.91 Å². The van der Waals surface area contributed by atoms with Crippen LogP contribution in [0.5, 0.6) is 5.88 Å². The Kier molecular flexibility index (Phi) is 9.50. The molecule has 41 heavy (non-hydrogen) atoms. The standard InChI is InChI=1S/C29H43N5O6S/c1-3-4-17-33-20-22-11-9-18-32-19-10-14-24(27(22)32)25(33)15-8-16-26(35)31(2)21-39-28-29(34(36)40-30-28)41(37,38)23-12-6-5-7-13-23/h5-7,12-13,22,24-25,27H,3-4,8-11,14-21H2,1-2H3. The van der Waals surface area contributed by atoms with Crippen LogP contribution in [0, 0.1) is 17.0 Å². The van der Waals surface area contributed by atoms with Gasteiger partial charge in [-0.2, -0.15) is 0 Å². The second kappa shape index (κ2) is 13.1. The van der Waals surface area contributed by atoms with E-state index < -0.39 is 20.7 Å². The molecule has 0 radical (unpaired) electrons. The topological polar surface area (TPSA) is 123 Å². The van der Waals surface area contributed by atoms with Gasteiger partial charge in [-0.3, -0.25) is 19.2 Å². The number of carbonyl (C=O) groups excluding carboxylic acids is 1. The van der Waals surface area contributed by atoms with Crippen LogP contribution in [0.2, 0.25) is 0 Å². The number of piperidine rings is 3. The second-order valence-electron chi connectivity index (χ2n) is 11.8. The fourth-order valence-electron chi connectivity index (χ4n) is 7.22. The van der Waals surface area contributed by atoms with Gasteiger partial charge in [-0.1, -0.05) is 31.5 Å². The van der Waals surface area contributed by atoms with Crippen molar-refractivity contribution in [2.75, 3.05) is 40.0 Å². The summed E-state index contributed by atoms with van der Waals surface area (Å²) in [6.07, 6.45) is 9.72. The molecule has 11 nitrogen and oxygen atoms in total. The molecule has 1 amide bonds. The third kappa shape index (κ3) is 6.39. The summed E-state index contributed by atoms with van der Waals surface area (Å²) >= 11 is 0. The van der Waals surface area contributed by atoms with Gasteiger partial charge in [0.1, 0.15) is 0 Å². The highest BCUT2D eigenvalue weighted by molar-refractivity contribution is 7.91. The van der Waals surface area contributed by atoms with Crippen LogP contribution in [0.1, 0.15) is 64.7 Å². The Morgan fingerprint density at radius 3 is 2.71 bits per heavy atom. The van der Waals surface area contributed by atoms with E-state index in [9.17, 15) is 18.4 Å². The first kappa shape index (κ1) is 29.8. The maximum atomic E-state index is 13.0. The van der Waals surface area contributed by atoms with E-state index >= 15 is 0 Å². The number of likely N-dealkylation sites (tertiary alicyclic amines) is 1. The largest absolute Gasteiger partial charge is 0.433 e. The molecule has 4 heterocycles. The molecule has 4 unspecified atom stereocenters. The van der Waals surface area contributed by atoms with E-state index in [1.165, 1.54) is 75.2 Å². The van der Waals surface area contributed by atoms with Gasteiger partial charge in [0.25, 0.3) is 9.84 Å². The van der Waals surface area contributed by atoms with Crippen LogP contribution in [0.3, 0.4) is 0 Å². The van der Waals surface area contributed by atoms with Gasteiger partial charge in [-0.15, -0.1) is 0 Å². The molecule has 2 aromatic rings. The number of sulfone groups is 1. The Hall–Kier alpha value is -2.70. The second-order valence-corrected chi connectivity index (χ2v) is 13.6. The highest BCUT2D eigenvalue weighted by Crippen LogP contribution is 2.43. The van der Waals surface area contributed by atoms with Gasteiger partial charge in [0.05, 0.1) is 10.1 Å². The van der Waals surface area contributed by atoms with E-state index in [0.29, 0.717) is 24.4 Å². The smallest absolute Gasteiger partial charge is 0.416 e. The summed E-state index contributed by atoms with van der Waals surface area (Å²) in [5.41, 5.74) is 0. The Morgan fingerprint density at radius 2 is 1.95 bits per heavy atom. The Morgan fingerprint density at radius 1 is 1.20 bits per heavy atom. The van der Waals surface area contributed by atoms with Crippen molar-refractivity contribution in [2.45, 2.75) is 86.7 Å². The minimum atomic E-state index is -4.22. The molecule has 0 aliphatic carbocycles. The molecule has 1 aromatic heterocycles. The predicted molar refractivity (Wildman–Crippen MR) is 151 cm³/mol. The molecule has 0 spiro atoms. The molecule has 226 valence electrons. The van der Waals surface area contributed by atoms with E-state index in [1.54, 1.807) is 25.2 Å². The molecule has 4 atom stereocenters. The molecule has 5 rings (SSSR count). The van der Waals surface area contributed by atoms with Gasteiger partial charge in [-0.05, 0) is 93.5 Å². The Balaban J connectivity index is 1.17. The van der Waals surface area contributed by atoms with Crippen molar-refractivity contribution in [3.05, 3.63) is 35.5 Å². The van der Waals surface area contributed by atoms with Crippen molar-refractivity contribution in [1.29, 1.82) is 0 Å². The first-order chi connectivity index (χ1) is 19.8. The molecule has 3 aliphatic rings. The molecule has 12 heteroatoms. The van der Waals surface area contributed by atoms with Crippen LogP contribution >= 0.6 is 0 Å². The monoisotopic (exact) mass is 589 g/mol. The summed E-state index contributed by atoms with van der Waals surface area (Å²) in [5, 5.41) is 14.9. The highest BCUT2D eigenvalue weighted by Gasteiger charge is 2.48. The molecule has 0 bridgehead atoms. The molecule has 3 fully saturated rings. The van der Waals surface area contributed by atoms with Gasteiger partial charge in [-0.25, -0.2) is 8.42 Å². The number of amides is 1. The molecule has 1 aromatic carbocycles. The zero-order valence-electron chi connectivity index (χ0n) is 24.2. The summed E-state index contributed by atoms with van der Waals surface area (Å²) in [6.45, 7) is 6.76. The number of ether oxygens (including phenoxy) is 1. The average Bonchev–Trinajstić information content (AvgIpc) is 3.37. The third-order valence-electron chi connectivity index (χ3n) is 9.14. The Bertz CT molecular complexity index is 1270. The van der Waals surface area contributed by atoms with Crippen molar-refractivity contribution in [3.63, 3.8) is 0 Å². The fraction of sp³-hybridized carbons (Fsp3) is 0.690. The first-order valence-corrected chi connectivity index (χ1v) is 16.5. The lowest BCUT2D eigenvalue weighted by molar-refractivity contribution is -0.832. The van der Waals surface area contributed by atoms with E-state index in [0.717, 1.165) is 25.3 Å². The molecular formula is C29H43N5O6S. The van der Waals surface area contributed by atoms with Gasteiger partial charge in [0.15, 0.2) is 6.73 Å². The number of unbranched alkanes of at least 4 members (excludes halogenated alkanes) is 1. The fourth-order valence-corrected chi connectivity index (χ4v) is 8.52. The average molecular weight is 590 g/mol. The number of nitrogens with zero attached hydrogens (tertiary/aromatic N) is 5. The SMILES string of the molecule is CCCCN1CC2CCCN3CCCC(C1CCCC(=O)N(C)COc1no[n+]([O-])c1S(=O)(=O)c1ccccc1)C23. The van der Waals surface area contributed by atoms with Crippen LogP contribution in [0.25, 0.3) is 0 Å². The minimum absolute atomic E-state index is 0.0848. The van der Waals surface area contributed by atoms with E-state index in [-0.39, 0.29) is 22.4 Å². The number of carbonyl (C=O) groups is 1. The molecule has 0 saturated carbocycles. The third-order valence-corrected chi connectivity index (χ3v) is 10.9. The van der Waals surface area contributed by atoms with Gasteiger partial charge < -0.3 is 14.8 Å². The summed E-state index contributed by atoms with van der Waals surface area (Å²) in [4.78, 5) is 19.6. The van der Waals surface area contributed by atoms with Crippen LogP contribution in [-0.4, -0.2) is 86.2 Å². The quantitative estimate of drug-likeness (QED) is 0.271. The van der Waals surface area contributed by atoms with Crippen LogP contribution < -0.4 is 9.64 Å². The van der Waals surface area contributed by atoms with Gasteiger partial charge in [0, 0.05) is 32.1 Å². The molecule has 0 N–H and O–H groups in total. The summed E-state index contributed by atoms with van der Waals surface area (Å²) in [6, 6.07) is 8.72. The summed E-state index contributed by atoms with van der Waals surface area (Å²) in [5.74, 6) is 0.868. The van der Waals surface area contributed by atoms with Crippen LogP contribution in [0.4, 0.5) is 0 Å². The van der Waals surface area contributed by atoms with Crippen molar-refractivity contribution in [2.24, 2.45) is 11.8 Å². The number of hydrogen-bond donors (Lipinski definition) is 0. The molecular weight excluding hydrogens is 546 g/mol. The number of hydrogen-bond acceptors (Lipinski definition) is 9. The normalized spacial score (nSPS) is 25.0. The lowest BCUT2D eigenvalue weighted by Crippen LogP contribution is -2.64. The van der Waals surface area contributed by atoms with Crippen LogP contribution in [-0.2, 0) is 14.6 Å². The zero-order valence-corrected chi connectivity index (χ0v) is 25.0.